The average molecular weight is 186 g/mol. The summed E-state index contributed by atoms with van der Waals surface area (Å²) in [5.74, 6) is 0.281. The predicted molar refractivity (Wildman–Crippen MR) is 47.0 cm³/mol. The summed E-state index contributed by atoms with van der Waals surface area (Å²) >= 11 is 1.35. The molecular formula is C8H10O3S. The molecule has 1 heterocycles. The van der Waals surface area contributed by atoms with Crippen molar-refractivity contribution in [2.75, 3.05) is 12.4 Å². The number of esters is 1. The highest BCUT2D eigenvalue weighted by Gasteiger charge is 2.32. The van der Waals surface area contributed by atoms with Gasteiger partial charge in [-0.15, -0.1) is 11.8 Å². The van der Waals surface area contributed by atoms with Crippen LogP contribution in [0.5, 0.6) is 0 Å². The van der Waals surface area contributed by atoms with Crippen molar-refractivity contribution >= 4 is 23.5 Å². The van der Waals surface area contributed by atoms with Crippen LogP contribution in [-0.4, -0.2) is 29.4 Å². The fourth-order valence-electron chi connectivity index (χ4n) is 0.918. The Kier molecular flexibility index (Phi) is 3.34. The monoisotopic (exact) mass is 186 g/mol. The lowest BCUT2D eigenvalue weighted by atomic mass is 10.2. The summed E-state index contributed by atoms with van der Waals surface area (Å²) in [5, 5.41) is -0.579. The summed E-state index contributed by atoms with van der Waals surface area (Å²) in [7, 11) is 0. The molecule has 0 N–H and O–H groups in total. The number of hydrogen-bond donors (Lipinski definition) is 0. The third-order valence-electron chi connectivity index (χ3n) is 1.48. The first-order chi connectivity index (χ1) is 5.75. The van der Waals surface area contributed by atoms with Crippen LogP contribution in [0.4, 0.5) is 0 Å². The van der Waals surface area contributed by atoms with Gasteiger partial charge in [-0.1, -0.05) is 12.7 Å². The molecule has 3 nitrogen and oxygen atoms in total. The summed E-state index contributed by atoms with van der Waals surface area (Å²) in [4.78, 5) is 22.1. The van der Waals surface area contributed by atoms with Crippen LogP contribution in [0.25, 0.3) is 0 Å². The largest absolute Gasteiger partial charge is 0.460 e. The lowest BCUT2D eigenvalue weighted by Gasteiger charge is -2.05. The summed E-state index contributed by atoms with van der Waals surface area (Å²) in [6.07, 6.45) is 1.97. The van der Waals surface area contributed by atoms with Crippen molar-refractivity contribution in [3.05, 3.63) is 12.7 Å². The second kappa shape index (κ2) is 4.30. The van der Waals surface area contributed by atoms with Gasteiger partial charge in [-0.25, -0.2) is 0 Å². The standard InChI is InChI=1S/C8H10O3S/c1-2-4-11-8(10)7-6(9)3-5-12-7/h2,7H,1,3-5H2. The van der Waals surface area contributed by atoms with Gasteiger partial charge in [0.25, 0.3) is 0 Å². The molecule has 0 aromatic heterocycles. The molecule has 1 unspecified atom stereocenters. The van der Waals surface area contributed by atoms with Gasteiger partial charge in [0, 0.05) is 12.2 Å². The van der Waals surface area contributed by atoms with Gasteiger partial charge in [-0.2, -0.15) is 0 Å². The number of rotatable bonds is 3. The van der Waals surface area contributed by atoms with Gasteiger partial charge in [0.2, 0.25) is 0 Å². The van der Waals surface area contributed by atoms with Crippen LogP contribution >= 0.6 is 11.8 Å². The number of carbonyl (C=O) groups excluding carboxylic acids is 2. The first-order valence-corrected chi connectivity index (χ1v) is 4.72. The molecule has 0 bridgehead atoms. The highest BCUT2D eigenvalue weighted by Crippen LogP contribution is 2.23. The van der Waals surface area contributed by atoms with E-state index >= 15 is 0 Å². The van der Waals surface area contributed by atoms with E-state index in [9.17, 15) is 9.59 Å². The smallest absolute Gasteiger partial charge is 0.327 e. The third-order valence-corrected chi connectivity index (χ3v) is 2.71. The minimum Gasteiger partial charge on any atom is -0.460 e. The van der Waals surface area contributed by atoms with E-state index < -0.39 is 11.2 Å². The number of carbonyl (C=O) groups is 2. The lowest BCUT2D eigenvalue weighted by molar-refractivity contribution is -0.143. The molecule has 0 saturated carbocycles. The molecular weight excluding hydrogens is 176 g/mol. The normalized spacial score (nSPS) is 22.3. The van der Waals surface area contributed by atoms with Crippen molar-refractivity contribution in [1.82, 2.24) is 0 Å². The molecule has 12 heavy (non-hydrogen) atoms. The van der Waals surface area contributed by atoms with Crippen molar-refractivity contribution < 1.29 is 14.3 Å². The van der Waals surface area contributed by atoms with Crippen molar-refractivity contribution in [2.24, 2.45) is 0 Å². The fourth-order valence-corrected chi connectivity index (χ4v) is 1.98. The third kappa shape index (κ3) is 2.11. The summed E-state index contributed by atoms with van der Waals surface area (Å²) in [5.41, 5.74) is 0. The Morgan fingerprint density at radius 3 is 3.08 bits per heavy atom. The topological polar surface area (TPSA) is 43.4 Å². The van der Waals surface area contributed by atoms with Crippen LogP contribution in [-0.2, 0) is 14.3 Å². The molecule has 66 valence electrons. The molecule has 1 saturated heterocycles. The second-order valence-electron chi connectivity index (χ2n) is 2.39. The van der Waals surface area contributed by atoms with Gasteiger partial charge >= 0.3 is 5.97 Å². The number of ether oxygens (including phenoxy) is 1. The Labute approximate surface area is 75.2 Å². The van der Waals surface area contributed by atoms with Crippen molar-refractivity contribution in [1.29, 1.82) is 0 Å². The summed E-state index contributed by atoms with van der Waals surface area (Å²) in [6, 6.07) is 0. The molecule has 0 aliphatic carbocycles. The maximum absolute atomic E-state index is 11.1. The zero-order valence-electron chi connectivity index (χ0n) is 6.62. The van der Waals surface area contributed by atoms with E-state index in [4.69, 9.17) is 4.74 Å². The summed E-state index contributed by atoms with van der Waals surface area (Å²) in [6.45, 7) is 3.59. The van der Waals surface area contributed by atoms with E-state index in [0.29, 0.717) is 6.42 Å². The molecule has 0 spiro atoms. The van der Waals surface area contributed by atoms with Crippen molar-refractivity contribution in [2.45, 2.75) is 11.7 Å². The van der Waals surface area contributed by atoms with Gasteiger partial charge in [0.1, 0.15) is 6.61 Å². The van der Waals surface area contributed by atoms with E-state index in [-0.39, 0.29) is 12.4 Å². The predicted octanol–water partition coefficient (Wildman–Crippen LogP) is 0.790. The molecule has 0 radical (unpaired) electrons. The second-order valence-corrected chi connectivity index (χ2v) is 3.60. The minimum absolute atomic E-state index is 0.0194. The molecule has 1 aliphatic rings. The maximum atomic E-state index is 11.1. The Morgan fingerprint density at radius 2 is 2.58 bits per heavy atom. The van der Waals surface area contributed by atoms with E-state index in [1.54, 1.807) is 0 Å². The first kappa shape index (κ1) is 9.32. The van der Waals surface area contributed by atoms with Gasteiger partial charge in [0.15, 0.2) is 11.0 Å². The first-order valence-electron chi connectivity index (χ1n) is 3.67. The summed E-state index contributed by atoms with van der Waals surface area (Å²) < 4.78 is 4.75. The molecule has 0 aromatic carbocycles. The number of Topliss-reactive ketones (excluding diaryl/α,β-unsaturated/α-hetero) is 1. The number of hydrogen-bond acceptors (Lipinski definition) is 4. The molecule has 1 aliphatic heterocycles. The molecule has 1 atom stereocenters. The van der Waals surface area contributed by atoms with Gasteiger partial charge in [-0.3, -0.25) is 9.59 Å². The van der Waals surface area contributed by atoms with Gasteiger partial charge in [-0.05, 0) is 0 Å². The number of thioether (sulfide) groups is 1. The van der Waals surface area contributed by atoms with Crippen LogP contribution < -0.4 is 0 Å². The van der Waals surface area contributed by atoms with Gasteiger partial charge in [0.05, 0.1) is 0 Å². The zero-order valence-corrected chi connectivity index (χ0v) is 7.43. The van der Waals surface area contributed by atoms with E-state index in [1.807, 2.05) is 0 Å². The van der Waals surface area contributed by atoms with Crippen LogP contribution in [0, 0.1) is 0 Å². The van der Waals surface area contributed by atoms with Crippen LogP contribution in [0.2, 0.25) is 0 Å². The van der Waals surface area contributed by atoms with Crippen LogP contribution in [0.15, 0.2) is 12.7 Å². The van der Waals surface area contributed by atoms with Crippen molar-refractivity contribution in [3.63, 3.8) is 0 Å². The Morgan fingerprint density at radius 1 is 1.83 bits per heavy atom. The van der Waals surface area contributed by atoms with E-state index in [0.717, 1.165) is 5.75 Å². The highest BCUT2D eigenvalue weighted by molar-refractivity contribution is 8.01. The quantitative estimate of drug-likeness (QED) is 0.371. The molecule has 0 aromatic rings. The SMILES string of the molecule is C=CCOC(=O)C1SCCC1=O. The Balaban J connectivity index is 2.40. The minimum atomic E-state index is -0.579. The molecule has 0 amide bonds. The lowest BCUT2D eigenvalue weighted by Crippen LogP contribution is -2.24. The fraction of sp³-hybridized carbons (Fsp3) is 0.500. The zero-order chi connectivity index (χ0) is 8.97. The van der Waals surface area contributed by atoms with Gasteiger partial charge < -0.3 is 4.74 Å². The highest BCUT2D eigenvalue weighted by atomic mass is 32.2. The van der Waals surface area contributed by atoms with E-state index in [2.05, 4.69) is 6.58 Å². The Bertz CT molecular complexity index is 212. The molecule has 1 fully saturated rings. The van der Waals surface area contributed by atoms with E-state index in [1.165, 1.54) is 17.8 Å². The number of ketones is 1. The Hall–Kier alpha value is -0.770. The molecule has 1 rings (SSSR count). The average Bonchev–Trinajstić information content (AvgIpc) is 2.47. The maximum Gasteiger partial charge on any atom is 0.327 e. The van der Waals surface area contributed by atoms with Crippen molar-refractivity contribution in [3.8, 4) is 0 Å². The van der Waals surface area contributed by atoms with Crippen LogP contribution in [0.1, 0.15) is 6.42 Å². The van der Waals surface area contributed by atoms with Crippen LogP contribution in [0.3, 0.4) is 0 Å². The molecule has 4 heteroatoms.